The standard InChI is InChI=1S/C16H22N2O5/c1-21-15(19)12-5-6-13(17)14(11-12)22-9-10-23-16(20)18-7-3-2-4-8-18/h5-6,11H,2-4,7-10,17H2,1H3. The molecule has 23 heavy (non-hydrogen) atoms. The summed E-state index contributed by atoms with van der Waals surface area (Å²) in [6.45, 7) is 1.77. The van der Waals surface area contributed by atoms with Gasteiger partial charge in [-0.2, -0.15) is 0 Å². The number of benzene rings is 1. The number of hydrogen-bond acceptors (Lipinski definition) is 6. The van der Waals surface area contributed by atoms with Crippen LogP contribution in [-0.2, 0) is 9.47 Å². The molecule has 1 heterocycles. The van der Waals surface area contributed by atoms with Crippen molar-refractivity contribution in [3.05, 3.63) is 23.8 Å². The second-order valence-electron chi connectivity index (χ2n) is 5.25. The number of hydrogen-bond donors (Lipinski definition) is 1. The highest BCUT2D eigenvalue weighted by molar-refractivity contribution is 5.90. The molecule has 7 nitrogen and oxygen atoms in total. The van der Waals surface area contributed by atoms with E-state index in [-0.39, 0.29) is 19.3 Å². The van der Waals surface area contributed by atoms with E-state index in [1.807, 2.05) is 0 Å². The van der Waals surface area contributed by atoms with E-state index in [4.69, 9.17) is 15.2 Å². The third kappa shape index (κ3) is 4.77. The summed E-state index contributed by atoms with van der Waals surface area (Å²) in [4.78, 5) is 25.0. The van der Waals surface area contributed by atoms with Crippen molar-refractivity contribution in [2.24, 2.45) is 0 Å². The number of anilines is 1. The molecule has 2 N–H and O–H groups in total. The van der Waals surface area contributed by atoms with Crippen molar-refractivity contribution >= 4 is 17.7 Å². The molecule has 1 aromatic carbocycles. The lowest BCUT2D eigenvalue weighted by Gasteiger charge is -2.25. The Morgan fingerprint density at radius 3 is 2.61 bits per heavy atom. The van der Waals surface area contributed by atoms with Crippen LogP contribution in [0.2, 0.25) is 0 Å². The number of ether oxygens (including phenoxy) is 3. The fourth-order valence-electron chi connectivity index (χ4n) is 2.35. The highest BCUT2D eigenvalue weighted by Crippen LogP contribution is 2.23. The lowest BCUT2D eigenvalue weighted by atomic mass is 10.1. The molecule has 1 aliphatic heterocycles. The van der Waals surface area contributed by atoms with Gasteiger partial charge in [-0.05, 0) is 37.5 Å². The van der Waals surface area contributed by atoms with Gasteiger partial charge in [0.15, 0.2) is 0 Å². The Morgan fingerprint density at radius 2 is 1.91 bits per heavy atom. The number of rotatable bonds is 5. The topological polar surface area (TPSA) is 91.1 Å². The zero-order chi connectivity index (χ0) is 16.7. The minimum absolute atomic E-state index is 0.122. The number of nitrogen functional groups attached to an aromatic ring is 1. The summed E-state index contributed by atoms with van der Waals surface area (Å²) in [7, 11) is 1.30. The fraction of sp³-hybridized carbons (Fsp3) is 0.500. The molecule has 0 saturated carbocycles. The van der Waals surface area contributed by atoms with Crippen LogP contribution in [0.1, 0.15) is 29.6 Å². The number of esters is 1. The number of nitrogens with zero attached hydrogens (tertiary/aromatic N) is 1. The Kier molecular flexibility index (Phi) is 6.08. The Bertz CT molecular complexity index is 555. The Morgan fingerprint density at radius 1 is 1.17 bits per heavy atom. The maximum atomic E-state index is 11.8. The first kappa shape index (κ1) is 16.9. The summed E-state index contributed by atoms with van der Waals surface area (Å²) in [6.07, 6.45) is 2.87. The third-order valence-corrected chi connectivity index (χ3v) is 3.62. The van der Waals surface area contributed by atoms with Gasteiger partial charge in [-0.15, -0.1) is 0 Å². The van der Waals surface area contributed by atoms with E-state index in [0.29, 0.717) is 17.0 Å². The molecule has 0 aromatic heterocycles. The van der Waals surface area contributed by atoms with Crippen molar-refractivity contribution in [2.45, 2.75) is 19.3 Å². The Hall–Kier alpha value is -2.44. The van der Waals surface area contributed by atoms with Crippen LogP contribution in [0.25, 0.3) is 0 Å². The van der Waals surface area contributed by atoms with Crippen LogP contribution in [0.5, 0.6) is 5.75 Å². The van der Waals surface area contributed by atoms with Crippen molar-refractivity contribution in [3.63, 3.8) is 0 Å². The quantitative estimate of drug-likeness (QED) is 0.507. The molecule has 126 valence electrons. The van der Waals surface area contributed by atoms with Gasteiger partial charge in [0.25, 0.3) is 0 Å². The second kappa shape index (κ2) is 8.26. The molecule has 0 aliphatic carbocycles. The normalized spacial score (nSPS) is 14.2. The predicted octanol–water partition coefficient (Wildman–Crippen LogP) is 2.06. The molecule has 0 bridgehead atoms. The lowest BCUT2D eigenvalue weighted by molar-refractivity contribution is 0.0600. The van der Waals surface area contributed by atoms with Crippen LogP contribution >= 0.6 is 0 Å². The number of carbonyl (C=O) groups is 2. The van der Waals surface area contributed by atoms with E-state index < -0.39 is 5.97 Å². The summed E-state index contributed by atoms with van der Waals surface area (Å²) >= 11 is 0. The van der Waals surface area contributed by atoms with Crippen molar-refractivity contribution in [1.82, 2.24) is 4.90 Å². The molecule has 2 rings (SSSR count). The first-order valence-corrected chi connectivity index (χ1v) is 7.64. The van der Waals surface area contributed by atoms with Crippen molar-refractivity contribution in [1.29, 1.82) is 0 Å². The molecule has 1 saturated heterocycles. The van der Waals surface area contributed by atoms with Gasteiger partial charge >= 0.3 is 12.1 Å². The maximum Gasteiger partial charge on any atom is 0.409 e. The van der Waals surface area contributed by atoms with Gasteiger partial charge in [0.05, 0.1) is 18.4 Å². The Balaban J connectivity index is 1.79. The Labute approximate surface area is 135 Å². The van der Waals surface area contributed by atoms with E-state index in [0.717, 1.165) is 32.4 Å². The lowest BCUT2D eigenvalue weighted by Crippen LogP contribution is -2.36. The van der Waals surface area contributed by atoms with E-state index in [1.54, 1.807) is 17.0 Å². The van der Waals surface area contributed by atoms with Gasteiger partial charge < -0.3 is 24.8 Å². The van der Waals surface area contributed by atoms with Crippen molar-refractivity contribution < 1.29 is 23.8 Å². The summed E-state index contributed by atoms with van der Waals surface area (Å²) in [5.74, 6) is -0.103. The average molecular weight is 322 g/mol. The monoisotopic (exact) mass is 322 g/mol. The van der Waals surface area contributed by atoms with Crippen LogP contribution in [-0.4, -0.2) is 50.4 Å². The van der Waals surface area contributed by atoms with E-state index in [9.17, 15) is 9.59 Å². The molecule has 1 aromatic rings. The number of likely N-dealkylation sites (tertiary alicyclic amines) is 1. The molecule has 0 spiro atoms. The van der Waals surface area contributed by atoms with Crippen LogP contribution in [0, 0.1) is 0 Å². The van der Waals surface area contributed by atoms with E-state index in [1.165, 1.54) is 13.2 Å². The molecular weight excluding hydrogens is 300 g/mol. The van der Waals surface area contributed by atoms with Crippen LogP contribution in [0.15, 0.2) is 18.2 Å². The minimum atomic E-state index is -0.466. The average Bonchev–Trinajstić information content (AvgIpc) is 2.60. The predicted molar refractivity (Wildman–Crippen MR) is 84.5 cm³/mol. The molecule has 1 aliphatic rings. The summed E-state index contributed by atoms with van der Waals surface area (Å²) < 4.78 is 15.3. The van der Waals surface area contributed by atoms with E-state index in [2.05, 4.69) is 4.74 Å². The van der Waals surface area contributed by atoms with Crippen molar-refractivity contribution in [2.75, 3.05) is 39.1 Å². The van der Waals surface area contributed by atoms with Gasteiger partial charge in [0.1, 0.15) is 19.0 Å². The molecule has 0 atom stereocenters. The van der Waals surface area contributed by atoms with Gasteiger partial charge in [-0.3, -0.25) is 0 Å². The number of nitrogens with two attached hydrogens (primary N) is 1. The number of amides is 1. The number of carbonyl (C=O) groups excluding carboxylic acids is 2. The summed E-state index contributed by atoms with van der Waals surface area (Å²) in [5, 5.41) is 0. The molecule has 0 radical (unpaired) electrons. The highest BCUT2D eigenvalue weighted by Gasteiger charge is 2.17. The van der Waals surface area contributed by atoms with Gasteiger partial charge in [0, 0.05) is 13.1 Å². The van der Waals surface area contributed by atoms with Gasteiger partial charge in [0.2, 0.25) is 0 Å². The fourth-order valence-corrected chi connectivity index (χ4v) is 2.35. The SMILES string of the molecule is COC(=O)c1ccc(N)c(OCCOC(=O)N2CCCCC2)c1. The molecule has 0 unspecified atom stereocenters. The summed E-state index contributed by atoms with van der Waals surface area (Å²) in [5.41, 5.74) is 6.55. The summed E-state index contributed by atoms with van der Waals surface area (Å²) in [6, 6.07) is 4.64. The van der Waals surface area contributed by atoms with Crippen LogP contribution in [0.3, 0.4) is 0 Å². The van der Waals surface area contributed by atoms with Gasteiger partial charge in [-0.25, -0.2) is 9.59 Å². The first-order valence-electron chi connectivity index (χ1n) is 7.64. The van der Waals surface area contributed by atoms with Gasteiger partial charge in [-0.1, -0.05) is 0 Å². The largest absolute Gasteiger partial charge is 0.488 e. The number of piperidine rings is 1. The van der Waals surface area contributed by atoms with Crippen LogP contribution in [0.4, 0.5) is 10.5 Å². The van der Waals surface area contributed by atoms with E-state index >= 15 is 0 Å². The second-order valence-corrected chi connectivity index (χ2v) is 5.25. The minimum Gasteiger partial charge on any atom is -0.488 e. The van der Waals surface area contributed by atoms with Crippen LogP contribution < -0.4 is 10.5 Å². The maximum absolute atomic E-state index is 11.8. The smallest absolute Gasteiger partial charge is 0.409 e. The molecule has 1 fully saturated rings. The zero-order valence-corrected chi connectivity index (χ0v) is 13.2. The molecule has 7 heteroatoms. The number of methoxy groups -OCH3 is 1. The van der Waals surface area contributed by atoms with Crippen molar-refractivity contribution in [3.8, 4) is 5.75 Å². The zero-order valence-electron chi connectivity index (χ0n) is 13.2. The third-order valence-electron chi connectivity index (χ3n) is 3.62. The highest BCUT2D eigenvalue weighted by atomic mass is 16.6. The first-order chi connectivity index (χ1) is 11.1. The molecular formula is C16H22N2O5. The molecule has 1 amide bonds.